The second kappa shape index (κ2) is 4.57. The molecule has 0 bridgehead atoms. The number of imidazole rings is 1. The fraction of sp³-hybridized carbons (Fsp3) is 0.562. The van der Waals surface area contributed by atoms with Crippen molar-refractivity contribution in [2.24, 2.45) is 5.73 Å². The van der Waals surface area contributed by atoms with Crippen LogP contribution in [0.2, 0.25) is 0 Å². The van der Waals surface area contributed by atoms with Gasteiger partial charge in [0, 0.05) is 18.8 Å². The summed E-state index contributed by atoms with van der Waals surface area (Å²) in [6, 6.07) is 8.27. The molecule has 0 radical (unpaired) electrons. The number of ether oxygens (including phenoxy) is 1. The van der Waals surface area contributed by atoms with Crippen LogP contribution in [0.4, 0.5) is 0 Å². The van der Waals surface area contributed by atoms with E-state index < -0.39 is 0 Å². The number of hydrogen-bond donors (Lipinski definition) is 1. The van der Waals surface area contributed by atoms with Crippen molar-refractivity contribution in [2.75, 3.05) is 13.2 Å². The molecule has 3 rings (SSSR count). The Kier molecular flexibility index (Phi) is 3.10. The standard InChI is InChI=1S/C16H23N3O/c1-15(2,3)19-13-7-5-4-6-12(13)18-14(19)16(17)8-10-20-11-9-16/h4-7H,8-11,17H2,1-3H3. The van der Waals surface area contributed by atoms with E-state index in [2.05, 4.69) is 43.5 Å². The molecule has 1 saturated heterocycles. The molecule has 4 heteroatoms. The monoisotopic (exact) mass is 273 g/mol. The van der Waals surface area contributed by atoms with Crippen molar-refractivity contribution in [1.82, 2.24) is 9.55 Å². The number of para-hydroxylation sites is 2. The Morgan fingerprint density at radius 2 is 1.85 bits per heavy atom. The van der Waals surface area contributed by atoms with Gasteiger partial charge in [0.25, 0.3) is 0 Å². The summed E-state index contributed by atoms with van der Waals surface area (Å²) in [6.07, 6.45) is 1.65. The van der Waals surface area contributed by atoms with Gasteiger partial charge in [0.1, 0.15) is 5.82 Å². The summed E-state index contributed by atoms with van der Waals surface area (Å²) in [4.78, 5) is 4.86. The van der Waals surface area contributed by atoms with Crippen LogP contribution < -0.4 is 5.73 Å². The number of rotatable bonds is 1. The van der Waals surface area contributed by atoms with Gasteiger partial charge >= 0.3 is 0 Å². The highest BCUT2D eigenvalue weighted by atomic mass is 16.5. The fourth-order valence-electron chi connectivity index (χ4n) is 3.00. The molecule has 108 valence electrons. The van der Waals surface area contributed by atoms with Crippen LogP contribution in [0.5, 0.6) is 0 Å². The predicted octanol–water partition coefficient (Wildman–Crippen LogP) is 2.76. The zero-order valence-electron chi connectivity index (χ0n) is 12.5. The van der Waals surface area contributed by atoms with Crippen molar-refractivity contribution in [3.05, 3.63) is 30.1 Å². The minimum absolute atomic E-state index is 0.0455. The summed E-state index contributed by atoms with van der Waals surface area (Å²) in [5, 5.41) is 0. The quantitative estimate of drug-likeness (QED) is 0.869. The summed E-state index contributed by atoms with van der Waals surface area (Å²) in [5.41, 5.74) is 8.43. The van der Waals surface area contributed by atoms with Crippen molar-refractivity contribution in [1.29, 1.82) is 0 Å². The minimum atomic E-state index is -0.384. The van der Waals surface area contributed by atoms with E-state index in [1.165, 1.54) is 0 Å². The molecule has 2 aromatic rings. The third-order valence-electron chi connectivity index (χ3n) is 4.06. The number of hydrogen-bond acceptors (Lipinski definition) is 3. The van der Waals surface area contributed by atoms with Gasteiger partial charge < -0.3 is 15.0 Å². The maximum absolute atomic E-state index is 6.68. The lowest BCUT2D eigenvalue weighted by molar-refractivity contribution is 0.0467. The van der Waals surface area contributed by atoms with Crippen molar-refractivity contribution < 1.29 is 4.74 Å². The van der Waals surface area contributed by atoms with Gasteiger partial charge in [-0.1, -0.05) is 12.1 Å². The Hall–Kier alpha value is -1.39. The van der Waals surface area contributed by atoms with Crippen LogP contribution in [0.1, 0.15) is 39.4 Å². The van der Waals surface area contributed by atoms with E-state index in [0.717, 1.165) is 29.7 Å². The first-order valence-corrected chi connectivity index (χ1v) is 7.27. The maximum atomic E-state index is 6.68. The molecule has 20 heavy (non-hydrogen) atoms. The van der Waals surface area contributed by atoms with Gasteiger partial charge in [-0.05, 0) is 45.7 Å². The summed E-state index contributed by atoms with van der Waals surface area (Å²) >= 11 is 0. The first-order valence-electron chi connectivity index (χ1n) is 7.27. The van der Waals surface area contributed by atoms with Gasteiger partial charge in [-0.3, -0.25) is 0 Å². The average molecular weight is 273 g/mol. The van der Waals surface area contributed by atoms with Gasteiger partial charge in [0.2, 0.25) is 0 Å². The van der Waals surface area contributed by atoms with Crippen LogP contribution in [0, 0.1) is 0 Å². The Morgan fingerprint density at radius 1 is 1.20 bits per heavy atom. The fourth-order valence-corrected chi connectivity index (χ4v) is 3.00. The summed E-state index contributed by atoms with van der Waals surface area (Å²) in [5.74, 6) is 0.995. The molecule has 4 nitrogen and oxygen atoms in total. The number of nitrogens with zero attached hydrogens (tertiary/aromatic N) is 2. The zero-order valence-corrected chi connectivity index (χ0v) is 12.5. The second-order valence-corrected chi connectivity index (χ2v) is 6.70. The van der Waals surface area contributed by atoms with Crippen molar-refractivity contribution >= 4 is 11.0 Å². The molecular weight excluding hydrogens is 250 g/mol. The number of benzene rings is 1. The number of fused-ring (bicyclic) bond motifs is 1. The van der Waals surface area contributed by atoms with Gasteiger partial charge in [-0.2, -0.15) is 0 Å². The molecule has 0 unspecified atom stereocenters. The molecule has 2 heterocycles. The molecule has 1 fully saturated rings. The summed E-state index contributed by atoms with van der Waals surface area (Å²) in [6.45, 7) is 8.03. The third kappa shape index (κ3) is 2.13. The van der Waals surface area contributed by atoms with Crippen LogP contribution in [-0.4, -0.2) is 22.8 Å². The molecule has 0 atom stereocenters. The van der Waals surface area contributed by atoms with Crippen LogP contribution in [0.15, 0.2) is 24.3 Å². The van der Waals surface area contributed by atoms with E-state index in [-0.39, 0.29) is 11.1 Å². The lowest BCUT2D eigenvalue weighted by Gasteiger charge is -2.36. The van der Waals surface area contributed by atoms with Crippen molar-refractivity contribution in [2.45, 2.75) is 44.7 Å². The van der Waals surface area contributed by atoms with Crippen molar-refractivity contribution in [3.8, 4) is 0 Å². The molecule has 1 aromatic heterocycles. The Labute approximate surface area is 119 Å². The first-order chi connectivity index (χ1) is 9.42. The normalized spacial score (nSPS) is 19.4. The van der Waals surface area contributed by atoms with E-state index >= 15 is 0 Å². The predicted molar refractivity (Wildman–Crippen MR) is 80.6 cm³/mol. The smallest absolute Gasteiger partial charge is 0.130 e. The number of aromatic nitrogens is 2. The Balaban J connectivity index is 2.24. The van der Waals surface area contributed by atoms with Crippen LogP contribution in [0.3, 0.4) is 0 Å². The highest BCUT2D eigenvalue weighted by Crippen LogP contribution is 2.34. The largest absolute Gasteiger partial charge is 0.381 e. The minimum Gasteiger partial charge on any atom is -0.381 e. The van der Waals surface area contributed by atoms with E-state index in [1.807, 2.05) is 6.07 Å². The van der Waals surface area contributed by atoms with Crippen LogP contribution in [0.25, 0.3) is 11.0 Å². The van der Waals surface area contributed by atoms with E-state index in [0.29, 0.717) is 13.2 Å². The second-order valence-electron chi connectivity index (χ2n) is 6.70. The van der Waals surface area contributed by atoms with E-state index in [1.54, 1.807) is 0 Å². The molecule has 0 aliphatic carbocycles. The molecular formula is C16H23N3O. The van der Waals surface area contributed by atoms with Crippen LogP contribution in [-0.2, 0) is 15.8 Å². The molecule has 1 aliphatic rings. The van der Waals surface area contributed by atoms with E-state index in [9.17, 15) is 0 Å². The third-order valence-corrected chi connectivity index (χ3v) is 4.06. The van der Waals surface area contributed by atoms with Crippen molar-refractivity contribution in [3.63, 3.8) is 0 Å². The highest BCUT2D eigenvalue weighted by molar-refractivity contribution is 5.76. The van der Waals surface area contributed by atoms with Gasteiger partial charge in [0.15, 0.2) is 0 Å². The zero-order chi connectivity index (χ0) is 14.4. The van der Waals surface area contributed by atoms with Crippen LogP contribution >= 0.6 is 0 Å². The molecule has 0 saturated carbocycles. The summed E-state index contributed by atoms with van der Waals surface area (Å²) in [7, 11) is 0. The average Bonchev–Trinajstić information content (AvgIpc) is 2.79. The lowest BCUT2D eigenvalue weighted by atomic mass is 9.89. The van der Waals surface area contributed by atoms with Gasteiger partial charge in [0.05, 0.1) is 16.6 Å². The highest BCUT2D eigenvalue weighted by Gasteiger charge is 2.37. The van der Waals surface area contributed by atoms with E-state index in [4.69, 9.17) is 15.5 Å². The maximum Gasteiger partial charge on any atom is 0.130 e. The lowest BCUT2D eigenvalue weighted by Crippen LogP contribution is -2.46. The molecule has 0 amide bonds. The summed E-state index contributed by atoms with van der Waals surface area (Å²) < 4.78 is 7.77. The molecule has 0 spiro atoms. The SMILES string of the molecule is CC(C)(C)n1c(C2(N)CCOCC2)nc2ccccc21. The Morgan fingerprint density at radius 3 is 2.50 bits per heavy atom. The molecule has 1 aliphatic heterocycles. The molecule has 2 N–H and O–H groups in total. The Bertz CT molecular complexity index is 618. The topological polar surface area (TPSA) is 53.1 Å². The van der Waals surface area contributed by atoms with Gasteiger partial charge in [-0.15, -0.1) is 0 Å². The first kappa shape index (κ1) is 13.6. The van der Waals surface area contributed by atoms with Gasteiger partial charge in [-0.25, -0.2) is 4.98 Å². The number of nitrogens with two attached hydrogens (primary N) is 1. The molecule has 1 aromatic carbocycles.